The van der Waals surface area contributed by atoms with Gasteiger partial charge in [0.2, 0.25) is 5.91 Å². The summed E-state index contributed by atoms with van der Waals surface area (Å²) in [6.07, 6.45) is 61.3. The predicted octanol–water partition coefficient (Wildman–Crippen LogP) is 12.9. The van der Waals surface area contributed by atoms with Crippen molar-refractivity contribution in [3.05, 3.63) is 134 Å². The zero-order valence-corrected chi connectivity index (χ0v) is 62.3. The Morgan fingerprint density at radius 3 is 1.06 bits per heavy atom. The number of nitrogens with one attached hydrogen (secondary N) is 1. The van der Waals surface area contributed by atoms with Gasteiger partial charge in [-0.05, 0) is 96.3 Å². The van der Waals surface area contributed by atoms with Crippen molar-refractivity contribution in [3.8, 4) is 0 Å². The van der Waals surface area contributed by atoms with Crippen LogP contribution in [0.5, 0.6) is 0 Å². The lowest BCUT2D eigenvalue weighted by molar-refractivity contribution is -0.379. The summed E-state index contributed by atoms with van der Waals surface area (Å²) in [6, 6.07) is -0.992. The molecule has 0 saturated carbocycles. The van der Waals surface area contributed by atoms with E-state index in [2.05, 4.69) is 141 Å². The summed E-state index contributed by atoms with van der Waals surface area (Å²) in [5.41, 5.74) is 0. The second-order valence-electron chi connectivity index (χ2n) is 27.4. The van der Waals surface area contributed by atoms with Crippen LogP contribution in [0.4, 0.5) is 0 Å². The predicted molar refractivity (Wildman–Crippen MR) is 406 cm³/mol. The van der Waals surface area contributed by atoms with E-state index >= 15 is 0 Å². The molecule has 3 fully saturated rings. The molecule has 17 unspecified atom stereocenters. The van der Waals surface area contributed by atoms with Gasteiger partial charge in [0.05, 0.1) is 38.6 Å². The average molecular weight is 1440 g/mol. The molecule has 0 bridgehead atoms. The second kappa shape index (κ2) is 62.0. The van der Waals surface area contributed by atoms with Gasteiger partial charge in [0, 0.05) is 6.42 Å². The van der Waals surface area contributed by atoms with Gasteiger partial charge in [-0.3, -0.25) is 4.79 Å². The highest BCUT2D eigenvalue weighted by molar-refractivity contribution is 5.76. The Balaban J connectivity index is 1.38. The molecule has 0 aromatic heterocycles. The van der Waals surface area contributed by atoms with Gasteiger partial charge < -0.3 is 89.9 Å². The molecule has 17 atom stereocenters. The Labute approximate surface area is 613 Å². The quantitative estimate of drug-likeness (QED) is 0.0199. The highest BCUT2D eigenvalue weighted by atomic mass is 16.8. The van der Waals surface area contributed by atoms with Crippen LogP contribution in [0.2, 0.25) is 0 Å². The Kier molecular flexibility index (Phi) is 56.0. The molecule has 3 heterocycles. The maximum absolute atomic E-state index is 13.5. The summed E-state index contributed by atoms with van der Waals surface area (Å²) in [7, 11) is 0. The van der Waals surface area contributed by atoms with Crippen molar-refractivity contribution < 1.29 is 89.4 Å². The fourth-order valence-electron chi connectivity index (χ4n) is 12.4. The maximum atomic E-state index is 13.5. The summed E-state index contributed by atoms with van der Waals surface area (Å²) in [4.78, 5) is 13.5. The van der Waals surface area contributed by atoms with Crippen LogP contribution in [-0.4, -0.2) is 193 Å². The number of rotatable bonds is 60. The number of ether oxygens (including phenoxy) is 6. The molecular weight excluding hydrogens is 1300 g/mol. The molecule has 584 valence electrons. The summed E-state index contributed by atoms with van der Waals surface area (Å²) >= 11 is 0. The number of carbonyl (C=O) groups excluding carboxylic acids is 1. The highest BCUT2D eigenvalue weighted by Crippen LogP contribution is 2.33. The van der Waals surface area contributed by atoms with Crippen LogP contribution >= 0.6 is 0 Å². The van der Waals surface area contributed by atoms with Gasteiger partial charge in [-0.1, -0.05) is 282 Å². The normalized spacial score (nSPS) is 26.9. The topological polar surface area (TPSA) is 307 Å². The maximum Gasteiger partial charge on any atom is 0.220 e. The molecule has 3 rings (SSSR count). The number of hydrogen-bond donors (Lipinski definition) is 12. The van der Waals surface area contributed by atoms with E-state index in [-0.39, 0.29) is 18.9 Å². The van der Waals surface area contributed by atoms with E-state index in [0.717, 1.165) is 128 Å². The molecule has 12 N–H and O–H groups in total. The number of aliphatic hydroxyl groups excluding tert-OH is 11. The van der Waals surface area contributed by atoms with E-state index in [1.807, 2.05) is 6.08 Å². The molecule has 0 spiro atoms. The first-order valence-corrected chi connectivity index (χ1v) is 39.4. The standard InChI is InChI=1S/C83H139NO18/c1-3-5-7-9-11-13-15-17-19-21-23-25-26-27-28-29-30-31-32-33-34-35-36-37-38-39-40-41-43-45-47-49-51-53-55-57-59-61-71(89)84-66(67(88)60-58-56-54-52-50-48-46-44-42-24-22-20-18-16-14-12-10-8-6-4-2)65-97-81-77(95)74(92)79(69(63-86)99-81)102-83-78(96)75(93)80(70(64-87)100-83)101-82-76(94)73(91)72(90)68(62-85)98-82/h5,7,11,13,17,19,23,25,27-28,30-31,33-34,36-37,39-40,43,45,58,60,66-70,72-83,85-88,90-96H,3-4,6,8-10,12,14-16,18,20-22,24,26,29,32,35,38,41-42,44,46-57,59,61-65H2,1-2H3,(H,84,89)/b7-5-,13-11-,19-17-,25-23-,28-27-,31-30-,34-33-,37-36-,40-39-,45-43-,60-58+. The van der Waals surface area contributed by atoms with Crippen LogP contribution in [0, 0.1) is 0 Å². The first-order chi connectivity index (χ1) is 49.8. The fraction of sp³-hybridized carbons (Fsp3) is 0.723. The zero-order valence-electron chi connectivity index (χ0n) is 62.3. The molecule has 19 nitrogen and oxygen atoms in total. The first kappa shape index (κ1) is 92.1. The van der Waals surface area contributed by atoms with Crippen molar-refractivity contribution in [1.29, 1.82) is 0 Å². The first-order valence-electron chi connectivity index (χ1n) is 39.4. The van der Waals surface area contributed by atoms with Gasteiger partial charge in [-0.2, -0.15) is 0 Å². The Bertz CT molecular complexity index is 2370. The molecular formula is C83H139NO18. The average Bonchev–Trinajstić information content (AvgIpc) is 0.778. The number of unbranched alkanes of at least 4 members (excludes halogenated alkanes) is 24. The lowest BCUT2D eigenvalue weighted by Crippen LogP contribution is -2.66. The van der Waals surface area contributed by atoms with Crippen molar-refractivity contribution in [2.75, 3.05) is 26.4 Å². The van der Waals surface area contributed by atoms with Crippen LogP contribution in [0.25, 0.3) is 0 Å². The molecule has 3 aliphatic rings. The summed E-state index contributed by atoms with van der Waals surface area (Å²) in [5, 5.41) is 121. The summed E-state index contributed by atoms with van der Waals surface area (Å²) in [6.45, 7) is 1.61. The van der Waals surface area contributed by atoms with Gasteiger partial charge in [0.15, 0.2) is 18.9 Å². The SMILES string of the molecule is CC/C=C\C/C=C\C/C=C\C/C=C\C/C=C\C/C=C\C/C=C\C/C=C\C/C=C\C/C=C\CCCCCCCCC(=O)NC(COC1OC(CO)C(OC2OC(CO)C(OC3OC(CO)C(O)C(O)C3O)C(O)C2O)C(O)C1O)C(O)/C=C/CCCCCCCCCCCCCCCCCCCC. The van der Waals surface area contributed by atoms with Crippen LogP contribution in [-0.2, 0) is 33.2 Å². The van der Waals surface area contributed by atoms with E-state index in [4.69, 9.17) is 28.4 Å². The largest absolute Gasteiger partial charge is 0.394 e. The third-order valence-corrected chi connectivity index (χ3v) is 18.7. The van der Waals surface area contributed by atoms with Gasteiger partial charge in [0.1, 0.15) is 73.2 Å². The van der Waals surface area contributed by atoms with Crippen LogP contribution in [0.3, 0.4) is 0 Å². The van der Waals surface area contributed by atoms with Crippen LogP contribution in [0.15, 0.2) is 134 Å². The monoisotopic (exact) mass is 1440 g/mol. The van der Waals surface area contributed by atoms with E-state index in [1.54, 1.807) is 6.08 Å². The number of allylic oxidation sites excluding steroid dienone is 21. The Morgan fingerprint density at radius 1 is 0.363 bits per heavy atom. The number of hydrogen-bond acceptors (Lipinski definition) is 18. The Hall–Kier alpha value is -4.07. The molecule has 102 heavy (non-hydrogen) atoms. The number of carbonyl (C=O) groups is 1. The highest BCUT2D eigenvalue weighted by Gasteiger charge is 2.53. The van der Waals surface area contributed by atoms with E-state index in [0.29, 0.717) is 6.42 Å². The third-order valence-electron chi connectivity index (χ3n) is 18.7. The van der Waals surface area contributed by atoms with Crippen molar-refractivity contribution in [2.45, 2.75) is 356 Å². The third kappa shape index (κ3) is 41.7. The van der Waals surface area contributed by atoms with Gasteiger partial charge >= 0.3 is 0 Å². The van der Waals surface area contributed by atoms with E-state index < -0.39 is 124 Å². The number of aliphatic hydroxyl groups is 11. The smallest absolute Gasteiger partial charge is 0.220 e. The zero-order chi connectivity index (χ0) is 73.9. The minimum absolute atomic E-state index is 0.218. The lowest BCUT2D eigenvalue weighted by atomic mass is 9.96. The van der Waals surface area contributed by atoms with E-state index in [1.165, 1.54) is 96.3 Å². The molecule has 3 saturated heterocycles. The van der Waals surface area contributed by atoms with Gasteiger partial charge in [0.25, 0.3) is 0 Å². The second-order valence-corrected chi connectivity index (χ2v) is 27.4. The van der Waals surface area contributed by atoms with Crippen molar-refractivity contribution in [1.82, 2.24) is 5.32 Å². The van der Waals surface area contributed by atoms with Crippen molar-refractivity contribution in [2.24, 2.45) is 0 Å². The van der Waals surface area contributed by atoms with Gasteiger partial charge in [-0.25, -0.2) is 0 Å². The molecule has 3 aliphatic heterocycles. The summed E-state index contributed by atoms with van der Waals surface area (Å²) in [5.74, 6) is -0.294. The molecule has 1 amide bonds. The van der Waals surface area contributed by atoms with Crippen LogP contribution < -0.4 is 5.32 Å². The minimum Gasteiger partial charge on any atom is -0.394 e. The molecule has 0 radical (unpaired) electrons. The van der Waals surface area contributed by atoms with Gasteiger partial charge in [-0.15, -0.1) is 0 Å². The molecule has 0 aromatic carbocycles. The molecule has 19 heteroatoms. The fourth-order valence-corrected chi connectivity index (χ4v) is 12.4. The van der Waals surface area contributed by atoms with Crippen molar-refractivity contribution in [3.63, 3.8) is 0 Å². The van der Waals surface area contributed by atoms with Crippen molar-refractivity contribution >= 4 is 5.91 Å². The lowest BCUT2D eigenvalue weighted by Gasteiger charge is -2.48. The van der Waals surface area contributed by atoms with E-state index in [9.17, 15) is 61.0 Å². The summed E-state index contributed by atoms with van der Waals surface area (Å²) < 4.78 is 34.4. The number of amides is 1. The molecule has 0 aliphatic carbocycles. The Morgan fingerprint density at radius 2 is 0.676 bits per heavy atom. The molecule has 0 aromatic rings. The van der Waals surface area contributed by atoms with Crippen LogP contribution in [0.1, 0.15) is 251 Å². The minimum atomic E-state index is -1.99.